The lowest BCUT2D eigenvalue weighted by atomic mass is 10.1. The Hall–Kier alpha value is -1.56. The number of rotatable bonds is 8. The van der Waals surface area contributed by atoms with Crippen molar-refractivity contribution in [3.05, 3.63) is 16.0 Å². The van der Waals surface area contributed by atoms with E-state index in [9.17, 15) is 9.59 Å². The molecule has 0 aromatic carbocycles. The zero-order valence-corrected chi connectivity index (χ0v) is 14.0. The minimum atomic E-state index is -0.817. The van der Waals surface area contributed by atoms with E-state index in [0.29, 0.717) is 18.7 Å². The molecular formula is C16H23NO4S. The molecule has 1 N–H and O–H groups in total. The Bertz CT molecular complexity index is 553. The number of fused-ring (bicyclic) bond motifs is 1. The Kier molecular flexibility index (Phi) is 5.83. The molecule has 122 valence electrons. The Morgan fingerprint density at radius 3 is 2.68 bits per heavy atom. The highest BCUT2D eigenvalue weighted by Crippen LogP contribution is 2.41. The second kappa shape index (κ2) is 7.63. The van der Waals surface area contributed by atoms with Crippen LogP contribution in [-0.4, -0.2) is 36.7 Å². The maximum Gasteiger partial charge on any atom is 0.341 e. The van der Waals surface area contributed by atoms with Gasteiger partial charge in [0.1, 0.15) is 5.00 Å². The summed E-state index contributed by atoms with van der Waals surface area (Å²) in [7, 11) is 0. The van der Waals surface area contributed by atoms with E-state index in [-0.39, 0.29) is 12.4 Å². The summed E-state index contributed by atoms with van der Waals surface area (Å²) in [6.07, 6.45) is 3.98. The Morgan fingerprint density at radius 1 is 1.27 bits per heavy atom. The smallest absolute Gasteiger partial charge is 0.341 e. The maximum atomic E-state index is 12.4. The molecular weight excluding hydrogens is 302 g/mol. The van der Waals surface area contributed by atoms with E-state index < -0.39 is 5.97 Å². The highest BCUT2D eigenvalue weighted by atomic mass is 32.1. The van der Waals surface area contributed by atoms with Crippen LogP contribution in [0.1, 0.15) is 53.9 Å². The van der Waals surface area contributed by atoms with Crippen molar-refractivity contribution < 1.29 is 19.4 Å². The number of ether oxygens (including phenoxy) is 1. The highest BCUT2D eigenvalue weighted by Gasteiger charge is 2.29. The van der Waals surface area contributed by atoms with Gasteiger partial charge in [0.15, 0.2) is 0 Å². The lowest BCUT2D eigenvalue weighted by molar-refractivity contribution is -0.136. The van der Waals surface area contributed by atoms with Gasteiger partial charge < -0.3 is 14.7 Å². The van der Waals surface area contributed by atoms with E-state index in [1.54, 1.807) is 18.3 Å². The van der Waals surface area contributed by atoms with Crippen LogP contribution in [0.3, 0.4) is 0 Å². The van der Waals surface area contributed by atoms with Gasteiger partial charge >= 0.3 is 11.9 Å². The van der Waals surface area contributed by atoms with Crippen molar-refractivity contribution in [2.45, 2.75) is 46.0 Å². The van der Waals surface area contributed by atoms with Gasteiger partial charge in [0.25, 0.3) is 0 Å². The first-order valence-corrected chi connectivity index (χ1v) is 8.68. The SMILES string of the molecule is CCCN(CCC(=O)O)c1sc2c(c1C(=O)OCC)CCC2. The zero-order valence-electron chi connectivity index (χ0n) is 13.2. The number of aryl methyl sites for hydroxylation is 1. The normalized spacial score (nSPS) is 13.0. The zero-order chi connectivity index (χ0) is 16.1. The van der Waals surface area contributed by atoms with Crippen molar-refractivity contribution in [1.82, 2.24) is 0 Å². The number of hydrogen-bond donors (Lipinski definition) is 1. The molecule has 5 nitrogen and oxygen atoms in total. The number of carbonyl (C=O) groups is 2. The van der Waals surface area contributed by atoms with E-state index in [4.69, 9.17) is 9.84 Å². The summed E-state index contributed by atoms with van der Waals surface area (Å²) in [5, 5.41) is 9.84. The van der Waals surface area contributed by atoms with Crippen molar-refractivity contribution in [2.75, 3.05) is 24.6 Å². The second-order valence-electron chi connectivity index (χ2n) is 5.39. The fourth-order valence-electron chi connectivity index (χ4n) is 2.84. The van der Waals surface area contributed by atoms with Gasteiger partial charge in [0, 0.05) is 18.0 Å². The summed E-state index contributed by atoms with van der Waals surface area (Å²) in [5.74, 6) is -1.09. The molecule has 0 amide bonds. The summed E-state index contributed by atoms with van der Waals surface area (Å²) >= 11 is 1.63. The molecule has 0 aliphatic heterocycles. The number of nitrogens with zero attached hydrogens (tertiary/aromatic N) is 1. The predicted octanol–water partition coefficient (Wildman–Crippen LogP) is 3.10. The van der Waals surface area contributed by atoms with Crippen molar-refractivity contribution in [3.63, 3.8) is 0 Å². The van der Waals surface area contributed by atoms with Crippen molar-refractivity contribution in [1.29, 1.82) is 0 Å². The molecule has 1 heterocycles. The molecule has 1 aliphatic rings. The van der Waals surface area contributed by atoms with Crippen LogP contribution in [0.5, 0.6) is 0 Å². The fourth-order valence-corrected chi connectivity index (χ4v) is 4.27. The van der Waals surface area contributed by atoms with Crippen LogP contribution in [0.25, 0.3) is 0 Å². The number of hydrogen-bond acceptors (Lipinski definition) is 5. The van der Waals surface area contributed by atoms with E-state index in [0.717, 1.165) is 42.8 Å². The van der Waals surface area contributed by atoms with Crippen LogP contribution in [0.2, 0.25) is 0 Å². The average Bonchev–Trinajstić information content (AvgIpc) is 3.03. The van der Waals surface area contributed by atoms with Gasteiger partial charge in [-0.3, -0.25) is 4.79 Å². The quantitative estimate of drug-likeness (QED) is 0.744. The molecule has 0 radical (unpaired) electrons. The van der Waals surface area contributed by atoms with E-state index >= 15 is 0 Å². The Balaban J connectivity index is 2.34. The summed E-state index contributed by atoms with van der Waals surface area (Å²) in [5.41, 5.74) is 1.80. The molecule has 0 saturated heterocycles. The molecule has 0 bridgehead atoms. The first-order valence-electron chi connectivity index (χ1n) is 7.86. The average molecular weight is 325 g/mol. The van der Waals surface area contributed by atoms with Crippen molar-refractivity contribution >= 4 is 28.3 Å². The van der Waals surface area contributed by atoms with Crippen molar-refractivity contribution in [3.8, 4) is 0 Å². The maximum absolute atomic E-state index is 12.4. The third kappa shape index (κ3) is 3.61. The van der Waals surface area contributed by atoms with Gasteiger partial charge in [0.05, 0.1) is 18.6 Å². The van der Waals surface area contributed by atoms with Gasteiger partial charge in [-0.05, 0) is 38.2 Å². The number of carboxylic acid groups (broad SMARTS) is 1. The Labute approximate surface area is 134 Å². The van der Waals surface area contributed by atoms with Crippen LogP contribution in [0.4, 0.5) is 5.00 Å². The lowest BCUT2D eigenvalue weighted by Gasteiger charge is -2.23. The van der Waals surface area contributed by atoms with E-state index in [1.807, 2.05) is 4.90 Å². The number of thiophene rings is 1. The fraction of sp³-hybridized carbons (Fsp3) is 0.625. The standard InChI is InChI=1S/C16H23NO4S/c1-3-9-17(10-8-13(18)19)15-14(16(20)21-4-2)11-6-5-7-12(11)22-15/h3-10H2,1-2H3,(H,18,19). The molecule has 1 aromatic heterocycles. The molecule has 0 spiro atoms. The first kappa shape index (κ1) is 16.8. The predicted molar refractivity (Wildman–Crippen MR) is 87.1 cm³/mol. The molecule has 1 aromatic rings. The van der Waals surface area contributed by atoms with Crippen LogP contribution in [-0.2, 0) is 22.4 Å². The molecule has 0 atom stereocenters. The van der Waals surface area contributed by atoms with E-state index in [1.165, 1.54) is 4.88 Å². The van der Waals surface area contributed by atoms with Crippen molar-refractivity contribution in [2.24, 2.45) is 0 Å². The largest absolute Gasteiger partial charge is 0.481 e. The monoisotopic (exact) mass is 325 g/mol. The first-order chi connectivity index (χ1) is 10.6. The molecule has 0 saturated carbocycles. The molecule has 6 heteroatoms. The molecule has 1 aliphatic carbocycles. The van der Waals surface area contributed by atoms with Gasteiger partial charge in [-0.1, -0.05) is 6.92 Å². The minimum absolute atomic E-state index is 0.0742. The second-order valence-corrected chi connectivity index (χ2v) is 6.47. The van der Waals surface area contributed by atoms with Crippen LogP contribution < -0.4 is 4.90 Å². The Morgan fingerprint density at radius 2 is 2.05 bits per heavy atom. The number of aliphatic carboxylic acids is 1. The molecule has 22 heavy (non-hydrogen) atoms. The number of carboxylic acids is 1. The number of esters is 1. The summed E-state index contributed by atoms with van der Waals surface area (Å²) in [6, 6.07) is 0. The minimum Gasteiger partial charge on any atom is -0.481 e. The third-order valence-corrected chi connectivity index (χ3v) is 5.11. The topological polar surface area (TPSA) is 66.8 Å². The summed E-state index contributed by atoms with van der Waals surface area (Å²) < 4.78 is 5.23. The van der Waals surface area contributed by atoms with E-state index in [2.05, 4.69) is 6.92 Å². The molecule has 2 rings (SSSR count). The highest BCUT2D eigenvalue weighted by molar-refractivity contribution is 7.16. The van der Waals surface area contributed by atoms with Crippen LogP contribution in [0, 0.1) is 0 Å². The third-order valence-electron chi connectivity index (χ3n) is 3.76. The van der Waals surface area contributed by atoms with Crippen LogP contribution in [0.15, 0.2) is 0 Å². The number of anilines is 1. The van der Waals surface area contributed by atoms with Gasteiger partial charge in [-0.25, -0.2) is 4.79 Å². The number of carbonyl (C=O) groups excluding carboxylic acids is 1. The molecule has 0 unspecified atom stereocenters. The van der Waals surface area contributed by atoms with Gasteiger partial charge in [-0.2, -0.15) is 0 Å². The van der Waals surface area contributed by atoms with Gasteiger partial charge in [-0.15, -0.1) is 11.3 Å². The lowest BCUT2D eigenvalue weighted by Crippen LogP contribution is -2.28. The van der Waals surface area contributed by atoms with Gasteiger partial charge in [0.2, 0.25) is 0 Å². The van der Waals surface area contributed by atoms with Crippen LogP contribution >= 0.6 is 11.3 Å². The summed E-state index contributed by atoms with van der Waals surface area (Å²) in [6.45, 7) is 5.39. The summed E-state index contributed by atoms with van der Waals surface area (Å²) in [4.78, 5) is 26.5. The molecule has 0 fully saturated rings.